The second-order valence-corrected chi connectivity index (χ2v) is 5.72. The minimum Gasteiger partial charge on any atom is -0.497 e. The van der Waals surface area contributed by atoms with Crippen molar-refractivity contribution in [2.45, 2.75) is 19.9 Å². The van der Waals surface area contributed by atoms with Gasteiger partial charge in [-0.05, 0) is 35.8 Å². The molecule has 26 heavy (non-hydrogen) atoms. The molecule has 0 aromatic heterocycles. The van der Waals surface area contributed by atoms with Crippen LogP contribution in [0.1, 0.15) is 24.5 Å². The first-order valence-electron chi connectivity index (χ1n) is 8.58. The second-order valence-electron chi connectivity index (χ2n) is 5.72. The van der Waals surface area contributed by atoms with Gasteiger partial charge in [0.1, 0.15) is 11.5 Å². The molecule has 1 N–H and O–H groups in total. The quantitative estimate of drug-likeness (QED) is 0.567. The summed E-state index contributed by atoms with van der Waals surface area (Å²) in [4.78, 5) is 12.0. The number of benzene rings is 2. The Labute approximate surface area is 155 Å². The molecule has 0 radical (unpaired) electrons. The number of hydrogen-bond acceptors (Lipinski definition) is 3. The van der Waals surface area contributed by atoms with Gasteiger partial charge in [-0.1, -0.05) is 43.3 Å². The standard InChI is InChI=1S/C22H25NO3/c1-4-17(14-19-11-12-20(25-2)15-21(19)26-3)10-13-22(24)23-16-18-8-6-5-7-9-18/h5-15H,4,16H2,1-3H3,(H,23,24)/b13-10+,17-14+. The predicted molar refractivity (Wildman–Crippen MR) is 105 cm³/mol. The summed E-state index contributed by atoms with van der Waals surface area (Å²) in [6, 6.07) is 15.5. The fraction of sp³-hybridized carbons (Fsp3) is 0.227. The van der Waals surface area contributed by atoms with Crippen LogP contribution in [0.25, 0.3) is 6.08 Å². The van der Waals surface area contributed by atoms with Gasteiger partial charge < -0.3 is 14.8 Å². The zero-order valence-electron chi connectivity index (χ0n) is 15.5. The molecule has 0 heterocycles. The van der Waals surface area contributed by atoms with Gasteiger partial charge in [-0.2, -0.15) is 0 Å². The molecule has 0 saturated carbocycles. The van der Waals surface area contributed by atoms with Crippen molar-refractivity contribution in [2.75, 3.05) is 14.2 Å². The van der Waals surface area contributed by atoms with Crippen molar-refractivity contribution in [3.63, 3.8) is 0 Å². The Kier molecular flexibility index (Phi) is 7.49. The van der Waals surface area contributed by atoms with E-state index in [4.69, 9.17) is 9.47 Å². The molecule has 4 nitrogen and oxygen atoms in total. The van der Waals surface area contributed by atoms with Crippen LogP contribution < -0.4 is 14.8 Å². The molecule has 2 aromatic carbocycles. The molecule has 0 saturated heterocycles. The summed E-state index contributed by atoms with van der Waals surface area (Å²) in [5.41, 5.74) is 3.05. The molecule has 0 aliphatic rings. The molecular weight excluding hydrogens is 326 g/mol. The first kappa shape index (κ1) is 19.3. The third-order valence-electron chi connectivity index (χ3n) is 3.95. The summed E-state index contributed by atoms with van der Waals surface area (Å²) in [5, 5.41) is 2.89. The number of allylic oxidation sites excluding steroid dienone is 2. The van der Waals surface area contributed by atoms with Gasteiger partial charge in [-0.3, -0.25) is 4.79 Å². The zero-order chi connectivity index (χ0) is 18.8. The number of methoxy groups -OCH3 is 2. The Bertz CT molecular complexity index is 779. The molecule has 0 bridgehead atoms. The van der Waals surface area contributed by atoms with Crippen LogP contribution in [0.5, 0.6) is 11.5 Å². The van der Waals surface area contributed by atoms with E-state index in [-0.39, 0.29) is 5.91 Å². The van der Waals surface area contributed by atoms with Gasteiger partial charge in [0.25, 0.3) is 0 Å². The molecule has 2 rings (SSSR count). The van der Waals surface area contributed by atoms with Crippen LogP contribution in [0.3, 0.4) is 0 Å². The molecule has 4 heteroatoms. The number of carbonyl (C=O) groups is 1. The molecule has 136 valence electrons. The van der Waals surface area contributed by atoms with E-state index in [1.807, 2.05) is 67.6 Å². The van der Waals surface area contributed by atoms with E-state index in [2.05, 4.69) is 5.32 Å². The number of nitrogens with one attached hydrogen (secondary N) is 1. The van der Waals surface area contributed by atoms with Crippen LogP contribution in [0.4, 0.5) is 0 Å². The average molecular weight is 351 g/mol. The highest BCUT2D eigenvalue weighted by atomic mass is 16.5. The monoisotopic (exact) mass is 351 g/mol. The lowest BCUT2D eigenvalue weighted by molar-refractivity contribution is -0.116. The van der Waals surface area contributed by atoms with Crippen LogP contribution in [0.2, 0.25) is 0 Å². The summed E-state index contributed by atoms with van der Waals surface area (Å²) in [6.07, 6.45) is 6.22. The van der Waals surface area contributed by atoms with Crippen LogP contribution in [-0.2, 0) is 11.3 Å². The Balaban J connectivity index is 2.04. The first-order chi connectivity index (χ1) is 12.7. The van der Waals surface area contributed by atoms with Gasteiger partial charge in [0.05, 0.1) is 14.2 Å². The Morgan fingerprint density at radius 3 is 2.46 bits per heavy atom. The minimum absolute atomic E-state index is 0.116. The van der Waals surface area contributed by atoms with Crippen molar-refractivity contribution in [3.8, 4) is 11.5 Å². The molecular formula is C22H25NO3. The average Bonchev–Trinajstić information content (AvgIpc) is 2.70. The number of hydrogen-bond donors (Lipinski definition) is 1. The summed E-state index contributed by atoms with van der Waals surface area (Å²) < 4.78 is 10.6. The summed E-state index contributed by atoms with van der Waals surface area (Å²) in [5.74, 6) is 1.36. The maximum Gasteiger partial charge on any atom is 0.244 e. The van der Waals surface area contributed by atoms with Gasteiger partial charge in [0, 0.05) is 24.3 Å². The van der Waals surface area contributed by atoms with Crippen LogP contribution in [0.15, 0.2) is 66.3 Å². The zero-order valence-corrected chi connectivity index (χ0v) is 15.5. The highest BCUT2D eigenvalue weighted by molar-refractivity contribution is 5.88. The molecule has 0 fully saturated rings. The fourth-order valence-corrected chi connectivity index (χ4v) is 2.43. The topological polar surface area (TPSA) is 47.6 Å². The van der Waals surface area contributed by atoms with E-state index in [1.54, 1.807) is 20.3 Å². The highest BCUT2D eigenvalue weighted by Gasteiger charge is 2.04. The van der Waals surface area contributed by atoms with Gasteiger partial charge >= 0.3 is 0 Å². The fourth-order valence-electron chi connectivity index (χ4n) is 2.43. The molecule has 0 unspecified atom stereocenters. The maximum absolute atomic E-state index is 12.0. The van der Waals surface area contributed by atoms with Crippen molar-refractivity contribution in [1.29, 1.82) is 0 Å². The van der Waals surface area contributed by atoms with Crippen molar-refractivity contribution in [1.82, 2.24) is 5.32 Å². The first-order valence-corrected chi connectivity index (χ1v) is 8.58. The third-order valence-corrected chi connectivity index (χ3v) is 3.95. The lowest BCUT2D eigenvalue weighted by Crippen LogP contribution is -2.20. The molecule has 0 aliphatic heterocycles. The third kappa shape index (κ3) is 5.81. The largest absolute Gasteiger partial charge is 0.497 e. The second kappa shape index (κ2) is 10.1. The SMILES string of the molecule is CCC(/C=C/C(=O)NCc1ccccc1)=C\c1ccc(OC)cc1OC. The van der Waals surface area contributed by atoms with E-state index in [9.17, 15) is 4.79 Å². The van der Waals surface area contributed by atoms with E-state index in [0.29, 0.717) is 6.54 Å². The van der Waals surface area contributed by atoms with E-state index in [0.717, 1.165) is 34.6 Å². The van der Waals surface area contributed by atoms with Gasteiger partial charge in [0.15, 0.2) is 0 Å². The van der Waals surface area contributed by atoms with Gasteiger partial charge in [-0.25, -0.2) is 0 Å². The van der Waals surface area contributed by atoms with Gasteiger partial charge in [-0.15, -0.1) is 0 Å². The summed E-state index contributed by atoms with van der Waals surface area (Å²) in [7, 11) is 3.25. The summed E-state index contributed by atoms with van der Waals surface area (Å²) >= 11 is 0. The highest BCUT2D eigenvalue weighted by Crippen LogP contribution is 2.27. The van der Waals surface area contributed by atoms with Crippen LogP contribution in [0, 0.1) is 0 Å². The number of carbonyl (C=O) groups excluding carboxylic acids is 1. The minimum atomic E-state index is -0.116. The number of rotatable bonds is 8. The Hall–Kier alpha value is -3.01. The van der Waals surface area contributed by atoms with E-state index in [1.165, 1.54) is 0 Å². The van der Waals surface area contributed by atoms with Crippen LogP contribution >= 0.6 is 0 Å². The maximum atomic E-state index is 12.0. The lowest BCUT2D eigenvalue weighted by atomic mass is 10.1. The molecule has 0 atom stereocenters. The predicted octanol–water partition coefficient (Wildman–Crippen LogP) is 4.37. The van der Waals surface area contributed by atoms with Crippen molar-refractivity contribution >= 4 is 12.0 Å². The van der Waals surface area contributed by atoms with E-state index < -0.39 is 0 Å². The van der Waals surface area contributed by atoms with Crippen LogP contribution in [-0.4, -0.2) is 20.1 Å². The Morgan fingerprint density at radius 2 is 1.81 bits per heavy atom. The molecule has 2 aromatic rings. The smallest absolute Gasteiger partial charge is 0.244 e. The summed E-state index contributed by atoms with van der Waals surface area (Å²) in [6.45, 7) is 2.57. The van der Waals surface area contributed by atoms with Crippen molar-refractivity contribution in [3.05, 3.63) is 77.4 Å². The van der Waals surface area contributed by atoms with E-state index >= 15 is 0 Å². The van der Waals surface area contributed by atoms with Crippen molar-refractivity contribution < 1.29 is 14.3 Å². The number of amides is 1. The number of ether oxygens (including phenoxy) is 2. The normalized spacial score (nSPS) is 11.4. The molecule has 0 aliphatic carbocycles. The molecule has 1 amide bonds. The Morgan fingerprint density at radius 1 is 1.04 bits per heavy atom. The van der Waals surface area contributed by atoms with Gasteiger partial charge in [0.2, 0.25) is 5.91 Å². The molecule has 0 spiro atoms. The van der Waals surface area contributed by atoms with Crippen molar-refractivity contribution in [2.24, 2.45) is 0 Å². The lowest BCUT2D eigenvalue weighted by Gasteiger charge is -2.08.